The maximum absolute atomic E-state index is 13.5. The molecule has 1 amide bonds. The predicted molar refractivity (Wildman–Crippen MR) is 127 cm³/mol. The summed E-state index contributed by atoms with van der Waals surface area (Å²) in [6.45, 7) is 3.92. The maximum atomic E-state index is 13.5. The SMILES string of the molecule is CC(C)[C@@H]1Nc2nnc(o2)CCCCc2ccc3ccnc(c3c2)O[C@@H]2C[C@@H](C(=O)O)N(C2)C1=O. The lowest BCUT2D eigenvalue weighted by molar-refractivity contribution is -0.148. The summed E-state index contributed by atoms with van der Waals surface area (Å²) in [6, 6.07) is 6.59. The van der Waals surface area contributed by atoms with Crippen LogP contribution in [0.5, 0.6) is 5.88 Å². The topological polar surface area (TPSA) is 131 Å². The molecule has 184 valence electrons. The lowest BCUT2D eigenvalue weighted by Gasteiger charge is -2.28. The third-order valence-electron chi connectivity index (χ3n) is 6.69. The van der Waals surface area contributed by atoms with Crippen molar-refractivity contribution in [2.75, 3.05) is 11.9 Å². The second kappa shape index (κ2) is 9.52. The minimum atomic E-state index is -1.06. The standard InChI is InChI=1S/C25H29N5O5/c1-14(2)21-23(31)30-13-17(12-19(30)24(32)33)34-22-18-11-15(7-8-16(18)9-10-26-22)5-3-4-6-20-28-29-25(27-21)35-20/h7-11,14,17,19,21H,3-6,12-13H2,1-2H3,(H,27,29)(H,32,33)/t17-,19+,21+/m1/s1. The van der Waals surface area contributed by atoms with Gasteiger partial charge in [0.05, 0.1) is 6.54 Å². The molecule has 6 bridgehead atoms. The normalized spacial score (nSPS) is 23.1. The first-order chi connectivity index (χ1) is 16.9. The first-order valence-corrected chi connectivity index (χ1v) is 12.1. The molecule has 0 saturated carbocycles. The Balaban J connectivity index is 1.52. The number of pyridine rings is 1. The van der Waals surface area contributed by atoms with Crippen LogP contribution in [0.15, 0.2) is 34.9 Å². The fraction of sp³-hybridized carbons (Fsp3) is 0.480. The van der Waals surface area contributed by atoms with Crippen LogP contribution in [0.1, 0.15) is 44.6 Å². The van der Waals surface area contributed by atoms with E-state index >= 15 is 0 Å². The number of carboxylic acid groups (broad SMARTS) is 1. The third kappa shape index (κ3) is 4.78. The Kier molecular flexibility index (Phi) is 6.27. The van der Waals surface area contributed by atoms with Gasteiger partial charge in [-0.25, -0.2) is 9.78 Å². The Labute approximate surface area is 202 Å². The molecule has 35 heavy (non-hydrogen) atoms. The van der Waals surface area contributed by atoms with E-state index in [0.29, 0.717) is 18.2 Å². The molecule has 4 heterocycles. The first kappa shape index (κ1) is 23.1. The van der Waals surface area contributed by atoms with Crippen LogP contribution in [0.3, 0.4) is 0 Å². The van der Waals surface area contributed by atoms with Crippen molar-refractivity contribution >= 4 is 28.7 Å². The highest BCUT2D eigenvalue weighted by molar-refractivity contribution is 5.90. The summed E-state index contributed by atoms with van der Waals surface area (Å²) in [5.74, 6) is -0.580. The van der Waals surface area contributed by atoms with E-state index in [-0.39, 0.29) is 30.8 Å². The summed E-state index contributed by atoms with van der Waals surface area (Å²) in [5, 5.41) is 23.0. The molecule has 1 saturated heterocycles. The molecule has 0 aliphatic carbocycles. The number of hydrogen-bond acceptors (Lipinski definition) is 8. The summed E-state index contributed by atoms with van der Waals surface area (Å²) in [4.78, 5) is 31.4. The van der Waals surface area contributed by atoms with Crippen molar-refractivity contribution in [3.8, 4) is 5.88 Å². The number of aromatic nitrogens is 3. The van der Waals surface area contributed by atoms with Crippen LogP contribution in [-0.2, 0) is 22.4 Å². The number of rotatable bonds is 2. The average molecular weight is 480 g/mol. The Hall–Kier alpha value is -3.69. The lowest BCUT2D eigenvalue weighted by Crippen LogP contribution is -2.50. The number of aryl methyl sites for hydroxylation is 2. The number of carbonyl (C=O) groups excluding carboxylic acids is 1. The number of ether oxygens (including phenoxy) is 1. The second-order valence-corrected chi connectivity index (χ2v) is 9.57. The van der Waals surface area contributed by atoms with Gasteiger partial charge in [0.2, 0.25) is 17.7 Å². The zero-order valence-electron chi connectivity index (χ0n) is 19.8. The lowest BCUT2D eigenvalue weighted by atomic mass is 10.0. The van der Waals surface area contributed by atoms with Gasteiger partial charge in [-0.2, -0.15) is 0 Å². The smallest absolute Gasteiger partial charge is 0.326 e. The Morgan fingerprint density at radius 1 is 1.20 bits per heavy atom. The van der Waals surface area contributed by atoms with Crippen LogP contribution < -0.4 is 10.1 Å². The highest BCUT2D eigenvalue weighted by Crippen LogP contribution is 2.30. The first-order valence-electron chi connectivity index (χ1n) is 12.1. The average Bonchev–Trinajstić information content (AvgIpc) is 3.46. The highest BCUT2D eigenvalue weighted by atomic mass is 16.5. The zero-order valence-corrected chi connectivity index (χ0v) is 19.8. The molecule has 1 aromatic carbocycles. The Morgan fingerprint density at radius 2 is 2.03 bits per heavy atom. The summed E-state index contributed by atoms with van der Waals surface area (Å²) >= 11 is 0. The molecule has 0 spiro atoms. The van der Waals surface area contributed by atoms with Gasteiger partial charge in [0.1, 0.15) is 18.2 Å². The fourth-order valence-electron chi connectivity index (χ4n) is 4.80. The molecule has 2 N–H and O–H groups in total. The summed E-state index contributed by atoms with van der Waals surface area (Å²) < 4.78 is 12.0. The van der Waals surface area contributed by atoms with E-state index in [9.17, 15) is 14.7 Å². The fourth-order valence-corrected chi connectivity index (χ4v) is 4.80. The molecular formula is C25H29N5O5. The highest BCUT2D eigenvalue weighted by Gasteiger charge is 2.44. The van der Waals surface area contributed by atoms with E-state index in [1.54, 1.807) is 6.20 Å². The third-order valence-corrected chi connectivity index (χ3v) is 6.69. The second-order valence-electron chi connectivity index (χ2n) is 9.57. The van der Waals surface area contributed by atoms with Crippen LogP contribution in [0.4, 0.5) is 6.01 Å². The van der Waals surface area contributed by atoms with E-state index in [2.05, 4.69) is 32.6 Å². The molecular weight excluding hydrogens is 450 g/mol. The van der Waals surface area contributed by atoms with Crippen molar-refractivity contribution in [2.45, 2.75) is 64.1 Å². The number of anilines is 1. The number of nitrogens with zero attached hydrogens (tertiary/aromatic N) is 4. The number of amides is 1. The molecule has 2 aliphatic rings. The van der Waals surface area contributed by atoms with Crippen molar-refractivity contribution in [2.24, 2.45) is 5.92 Å². The van der Waals surface area contributed by atoms with Crippen molar-refractivity contribution < 1.29 is 23.8 Å². The molecule has 0 radical (unpaired) electrons. The number of benzene rings is 1. The van der Waals surface area contributed by atoms with Crippen LogP contribution in [0.2, 0.25) is 0 Å². The number of hydrogen-bond donors (Lipinski definition) is 2. The molecule has 5 rings (SSSR count). The van der Waals surface area contributed by atoms with Gasteiger partial charge < -0.3 is 24.5 Å². The van der Waals surface area contributed by atoms with Crippen molar-refractivity contribution in [1.82, 2.24) is 20.1 Å². The molecule has 2 aromatic heterocycles. The minimum absolute atomic E-state index is 0.143. The molecule has 10 nitrogen and oxygen atoms in total. The van der Waals surface area contributed by atoms with Crippen molar-refractivity contribution in [3.05, 3.63) is 41.9 Å². The van der Waals surface area contributed by atoms with Gasteiger partial charge in [-0.15, -0.1) is 5.10 Å². The van der Waals surface area contributed by atoms with Crippen LogP contribution in [-0.4, -0.2) is 61.8 Å². The van der Waals surface area contributed by atoms with Crippen LogP contribution >= 0.6 is 0 Å². The summed E-state index contributed by atoms with van der Waals surface area (Å²) in [6.07, 6.45) is 4.69. The van der Waals surface area contributed by atoms with Gasteiger partial charge in [0, 0.05) is 24.4 Å². The summed E-state index contributed by atoms with van der Waals surface area (Å²) in [5.41, 5.74) is 1.16. The molecule has 1 fully saturated rings. The van der Waals surface area contributed by atoms with Gasteiger partial charge in [-0.3, -0.25) is 4.79 Å². The van der Waals surface area contributed by atoms with E-state index in [1.165, 1.54) is 4.90 Å². The Morgan fingerprint density at radius 3 is 2.83 bits per heavy atom. The van der Waals surface area contributed by atoms with E-state index in [0.717, 1.165) is 35.6 Å². The molecule has 10 heteroatoms. The predicted octanol–water partition coefficient (Wildman–Crippen LogP) is 3.07. The molecule has 3 atom stereocenters. The molecule has 2 aliphatic heterocycles. The van der Waals surface area contributed by atoms with E-state index in [4.69, 9.17) is 9.15 Å². The van der Waals surface area contributed by atoms with Crippen molar-refractivity contribution in [1.29, 1.82) is 0 Å². The zero-order chi connectivity index (χ0) is 24.5. The minimum Gasteiger partial charge on any atom is -0.480 e. The number of carbonyl (C=O) groups is 2. The molecule has 3 aromatic rings. The van der Waals surface area contributed by atoms with Crippen LogP contribution in [0.25, 0.3) is 10.8 Å². The van der Waals surface area contributed by atoms with Gasteiger partial charge in [0.25, 0.3) is 0 Å². The maximum Gasteiger partial charge on any atom is 0.326 e. The van der Waals surface area contributed by atoms with E-state index < -0.39 is 24.2 Å². The van der Waals surface area contributed by atoms with Crippen LogP contribution in [0, 0.1) is 5.92 Å². The largest absolute Gasteiger partial charge is 0.480 e. The molecule has 0 unspecified atom stereocenters. The summed E-state index contributed by atoms with van der Waals surface area (Å²) in [7, 11) is 0. The van der Waals surface area contributed by atoms with Gasteiger partial charge >= 0.3 is 12.0 Å². The van der Waals surface area contributed by atoms with Gasteiger partial charge in [0.15, 0.2) is 0 Å². The number of carboxylic acids is 1. The number of nitrogens with one attached hydrogen (secondary N) is 1. The number of aliphatic carboxylic acids is 1. The Bertz CT molecular complexity index is 1240. The van der Waals surface area contributed by atoms with Crippen molar-refractivity contribution in [3.63, 3.8) is 0 Å². The van der Waals surface area contributed by atoms with Gasteiger partial charge in [-0.1, -0.05) is 31.1 Å². The quantitative estimate of drug-likeness (QED) is 0.569. The van der Waals surface area contributed by atoms with E-state index in [1.807, 2.05) is 26.0 Å². The number of fused-ring (bicyclic) bond motifs is 5. The van der Waals surface area contributed by atoms with Gasteiger partial charge in [-0.05, 0) is 48.3 Å². The monoisotopic (exact) mass is 479 g/mol.